The lowest BCUT2D eigenvalue weighted by molar-refractivity contribution is -0.171. The molecule has 0 spiro atoms. The first kappa shape index (κ1) is 108. The SMILES string of the molecule is C.CCOP(=O)(CC#N)OCC.COC1O[C@H](CO)[C@@H](O)[C@H]1O.COC1O[C@H](COCc2ccccc2)[C@@H](OCc2ccccc2)[C@H]1OCc1ccccc1.Cl.N#CCC1O[C@H](COCc2ccccc2)[C@@H](OCc2ccccc2)[C@H]1OCc1ccccc1.OC1O[C@H](COCc2ccccc2)[C@@H](OCc2ccccc2)[C@H]1OCc1ccccc1.OC[C@H]1OC(O)[C@H](O)[C@@H]1O. The van der Waals surface area contributed by atoms with Crippen molar-refractivity contribution in [3.63, 3.8) is 0 Å². The number of ether oxygens (including phenoxy) is 16. The zero-order valence-corrected chi connectivity index (χ0v) is 74.6. The van der Waals surface area contributed by atoms with Crippen LogP contribution in [0.2, 0.25) is 0 Å². The Labute approximate surface area is 768 Å². The summed E-state index contributed by atoms with van der Waals surface area (Å²) in [4.78, 5) is 0. The number of benzene rings is 9. The molecule has 0 saturated carbocycles. The molecule has 0 radical (unpaired) electrons. The van der Waals surface area contributed by atoms with Gasteiger partial charge in [0.25, 0.3) is 0 Å². The highest BCUT2D eigenvalue weighted by Gasteiger charge is 2.50. The summed E-state index contributed by atoms with van der Waals surface area (Å²) in [6, 6.07) is 94.1. The maximum Gasteiger partial charge on any atom is 0.344 e. The van der Waals surface area contributed by atoms with Crippen LogP contribution in [0.5, 0.6) is 0 Å². The van der Waals surface area contributed by atoms with Crippen LogP contribution in [0.1, 0.15) is 77.8 Å². The minimum absolute atomic E-state index is 0. The molecule has 8 N–H and O–H groups in total. The van der Waals surface area contributed by atoms with Gasteiger partial charge in [0.15, 0.2) is 25.2 Å². The summed E-state index contributed by atoms with van der Waals surface area (Å²) < 4.78 is 114. The molecule has 9 aromatic carbocycles. The average molecular weight is 1840 g/mol. The zero-order chi connectivity index (χ0) is 90.9. The lowest BCUT2D eigenvalue weighted by Crippen LogP contribution is -2.39. The van der Waals surface area contributed by atoms with Crippen LogP contribution in [-0.2, 0) is 149 Å². The molecule has 5 heterocycles. The molecule has 20 atom stereocenters. The number of nitriles is 2. The predicted molar refractivity (Wildman–Crippen MR) is 484 cm³/mol. The Balaban J connectivity index is 0.000000226. The minimum Gasteiger partial charge on any atom is -0.394 e. The van der Waals surface area contributed by atoms with E-state index in [4.69, 9.17) is 116 Å². The number of hydrogen-bond acceptors (Lipinski definition) is 29. The lowest BCUT2D eigenvalue weighted by atomic mass is 10.1. The van der Waals surface area contributed by atoms with Gasteiger partial charge in [-0.3, -0.25) is 4.57 Å². The number of aliphatic hydroxyl groups excluding tert-OH is 8. The van der Waals surface area contributed by atoms with E-state index in [0.717, 1.165) is 50.1 Å². The van der Waals surface area contributed by atoms with E-state index < -0.39 is 94.3 Å². The molecule has 5 aliphatic heterocycles. The predicted octanol–water partition coefficient (Wildman–Crippen LogP) is 12.2. The summed E-state index contributed by atoms with van der Waals surface area (Å²) in [5, 5.41) is 90.1. The summed E-state index contributed by atoms with van der Waals surface area (Å²) in [5.41, 5.74) is 9.71. The fraction of sp³-hybridized carbons (Fsp3) is 0.434. The van der Waals surface area contributed by atoms with Crippen LogP contribution >= 0.6 is 20.0 Å². The zero-order valence-electron chi connectivity index (χ0n) is 72.8. The molecule has 5 unspecified atom stereocenters. The number of nitrogens with zero attached hydrogens (tertiary/aromatic N) is 2. The van der Waals surface area contributed by atoms with E-state index in [2.05, 4.69) is 15.5 Å². The first-order chi connectivity index (χ1) is 62.5. The number of rotatable bonds is 40. The first-order valence-corrected chi connectivity index (χ1v) is 44.3. The van der Waals surface area contributed by atoms with Crippen LogP contribution < -0.4 is 0 Å². The van der Waals surface area contributed by atoms with E-state index >= 15 is 0 Å². The van der Waals surface area contributed by atoms with Gasteiger partial charge in [0, 0.05) is 14.2 Å². The third-order valence-corrected chi connectivity index (χ3v) is 22.4. The molecule has 29 nitrogen and oxygen atoms in total. The van der Waals surface area contributed by atoms with Crippen molar-refractivity contribution in [1.82, 2.24) is 0 Å². The maximum atomic E-state index is 11.3. The largest absolute Gasteiger partial charge is 0.394 e. The third kappa shape index (κ3) is 36.4. The van der Waals surface area contributed by atoms with E-state index in [-0.39, 0.29) is 81.8 Å². The standard InChI is InChI=1S/C28H29NO4.C27H30O5.C26H28O5.C6H12NO3P.C6H12O5.C5H10O5.CH4.ClH/c29-17-16-25-27(31-19-23-12-6-2-7-13-23)28(32-20-24-14-8-3-9-15-24)26(33-25)21-30-18-22-10-4-1-5-11-22;1-28-27-26(31-19-23-15-9-4-10-16-23)25(30-18-22-13-7-3-8-14-22)24(32-27)20-29-17-21-11-5-2-6-12-21;27-26-25(30-18-22-14-8-3-9-15-22)24(29-17-21-12-6-2-7-13-21)23(31-26)19-28-16-20-10-4-1-5-11-20;1-3-9-11(8,6-5-7)10-4-2;1-10-6-5(9)4(8)3(2-7)11-6;6-1-2-3(7)4(8)5(9)10-2;;/h1-15,25-28H,16,18-21H2;2-16,24-27H,17-20H2,1H3;1-15,23-27H,16-19H2;3-4,6H2,1-2H3;3-9H,2H2,1H3;2-9H,1H2;1H4;1H/t25?,26-,27+,28-;24-,25-,26-,27?;23-,24-,25-,26?;;3-,4-,5-,6?;2-,3-,4-,5?;;/m111.11../s1. The van der Waals surface area contributed by atoms with Crippen LogP contribution in [0.4, 0.5) is 0 Å². The van der Waals surface area contributed by atoms with Crippen molar-refractivity contribution in [2.75, 3.05) is 66.6 Å². The summed E-state index contributed by atoms with van der Waals surface area (Å²) in [5.74, 6) is 0. The molecule has 0 amide bonds. The molecule has 5 saturated heterocycles. The molecule has 5 aliphatic rings. The quantitative estimate of drug-likeness (QED) is 0.0165. The van der Waals surface area contributed by atoms with Gasteiger partial charge in [-0.1, -0.05) is 280 Å². The van der Waals surface area contributed by atoms with E-state index in [1.165, 1.54) is 7.11 Å². The second-order valence-corrected chi connectivity index (χ2v) is 32.0. The van der Waals surface area contributed by atoms with Gasteiger partial charge in [0.05, 0.1) is 130 Å². The molecule has 14 rings (SSSR count). The van der Waals surface area contributed by atoms with Crippen molar-refractivity contribution < 1.29 is 130 Å². The third-order valence-electron chi connectivity index (χ3n) is 20.5. The fourth-order valence-electron chi connectivity index (χ4n) is 14.0. The smallest absolute Gasteiger partial charge is 0.344 e. The van der Waals surface area contributed by atoms with Gasteiger partial charge in [-0.15, -0.1) is 12.4 Å². The summed E-state index contributed by atoms with van der Waals surface area (Å²) >= 11 is 0. The minimum atomic E-state index is -3.08. The van der Waals surface area contributed by atoms with E-state index in [0.29, 0.717) is 92.5 Å². The Bertz CT molecular complexity index is 4500. The molecule has 5 fully saturated rings. The molecule has 31 heteroatoms. The normalized spacial score (nSPS) is 25.2. The van der Waals surface area contributed by atoms with Crippen molar-refractivity contribution in [1.29, 1.82) is 10.5 Å². The van der Waals surface area contributed by atoms with Gasteiger partial charge in [0.2, 0.25) is 0 Å². The van der Waals surface area contributed by atoms with Gasteiger partial charge in [-0.05, 0) is 63.9 Å². The van der Waals surface area contributed by atoms with Crippen molar-refractivity contribution in [3.8, 4) is 12.1 Å². The van der Waals surface area contributed by atoms with Gasteiger partial charge in [-0.2, -0.15) is 10.5 Å². The number of methoxy groups -OCH3 is 2. The van der Waals surface area contributed by atoms with Crippen LogP contribution in [0.15, 0.2) is 273 Å². The van der Waals surface area contributed by atoms with Gasteiger partial charge >= 0.3 is 7.60 Å². The molecule has 0 aliphatic carbocycles. The van der Waals surface area contributed by atoms with Crippen molar-refractivity contribution in [2.45, 2.75) is 210 Å². The van der Waals surface area contributed by atoms with Gasteiger partial charge < -0.3 is 126 Å². The number of aliphatic hydroxyl groups is 8. The van der Waals surface area contributed by atoms with Crippen LogP contribution in [0, 0.1) is 22.7 Å². The highest BCUT2D eigenvalue weighted by Crippen LogP contribution is 2.47. The second kappa shape index (κ2) is 61.3. The number of halogens is 1. The lowest BCUT2D eigenvalue weighted by Gasteiger charge is -2.25. The maximum absolute atomic E-state index is 11.3. The Kier molecular flexibility index (Phi) is 51.1. The first-order valence-electron chi connectivity index (χ1n) is 42.5. The molecule has 9 aromatic rings. The molecular formula is C99H126ClN2O27P. The highest BCUT2D eigenvalue weighted by atomic mass is 35.5. The van der Waals surface area contributed by atoms with Crippen LogP contribution in [0.25, 0.3) is 0 Å². The van der Waals surface area contributed by atoms with E-state index in [1.54, 1.807) is 27.0 Å². The second-order valence-electron chi connectivity index (χ2n) is 29.9. The van der Waals surface area contributed by atoms with E-state index in [9.17, 15) is 14.9 Å². The van der Waals surface area contributed by atoms with Gasteiger partial charge in [0.1, 0.15) is 97.7 Å². The van der Waals surface area contributed by atoms with Crippen LogP contribution in [-0.4, -0.2) is 230 Å². The van der Waals surface area contributed by atoms with Crippen molar-refractivity contribution in [3.05, 3.63) is 323 Å². The molecule has 0 aromatic heterocycles. The molecule has 130 heavy (non-hydrogen) atoms. The Morgan fingerprint density at radius 1 is 0.315 bits per heavy atom. The van der Waals surface area contributed by atoms with Crippen molar-refractivity contribution >= 4 is 20.0 Å². The highest BCUT2D eigenvalue weighted by molar-refractivity contribution is 7.54. The average Bonchev–Trinajstić information content (AvgIpc) is 1.67. The number of hydrogen-bond donors (Lipinski definition) is 8. The van der Waals surface area contributed by atoms with Gasteiger partial charge in [-0.25, -0.2) is 0 Å². The molecule has 0 bridgehead atoms. The topological polar surface area (TPSA) is 393 Å². The Morgan fingerprint density at radius 3 is 0.854 bits per heavy atom. The monoisotopic (exact) mass is 1840 g/mol. The Morgan fingerprint density at radius 2 is 0.577 bits per heavy atom. The summed E-state index contributed by atoms with van der Waals surface area (Å²) in [6.07, 6.45) is -13.9. The van der Waals surface area contributed by atoms with Crippen molar-refractivity contribution in [2.24, 2.45) is 0 Å². The fourth-order valence-corrected chi connectivity index (χ4v) is 15.2. The summed E-state index contributed by atoms with van der Waals surface area (Å²) in [6.45, 7) is 8.39. The summed E-state index contributed by atoms with van der Waals surface area (Å²) in [7, 11) is -0.0890. The van der Waals surface area contributed by atoms with E-state index in [1.807, 2.05) is 273 Å². The molecule has 706 valence electrons. The molecular weight excluding hydrogens is 1720 g/mol. The Hall–Kier alpha value is -8.56. The van der Waals surface area contributed by atoms with Crippen LogP contribution in [0.3, 0.4) is 0 Å².